The largest absolute Gasteiger partial charge is 0.442 e. The van der Waals surface area contributed by atoms with E-state index >= 15 is 0 Å². The molecule has 0 aliphatic heterocycles. The molecular weight excluding hydrogens is 434 g/mol. The van der Waals surface area contributed by atoms with E-state index in [2.05, 4.69) is 5.43 Å². The van der Waals surface area contributed by atoms with Crippen molar-refractivity contribution in [1.29, 1.82) is 0 Å². The second-order valence-electron chi connectivity index (χ2n) is 9.41. The summed E-state index contributed by atoms with van der Waals surface area (Å²) in [6.07, 6.45) is 0.563. The maximum atomic E-state index is 12.9. The van der Waals surface area contributed by atoms with E-state index in [0.717, 1.165) is 12.8 Å². The summed E-state index contributed by atoms with van der Waals surface area (Å²) in [4.78, 5) is 39.7. The van der Waals surface area contributed by atoms with E-state index in [-0.39, 0.29) is 24.3 Å². The Bertz CT molecular complexity index is 807. The van der Waals surface area contributed by atoms with Gasteiger partial charge in [-0.3, -0.25) is 15.0 Å². The highest BCUT2D eigenvalue weighted by molar-refractivity contribution is 6.30. The molecule has 32 heavy (non-hydrogen) atoms. The first-order valence-corrected chi connectivity index (χ1v) is 11.2. The highest BCUT2D eigenvalue weighted by atomic mass is 35.5. The maximum Gasteiger partial charge on any atom is 0.429 e. The third-order valence-corrected chi connectivity index (χ3v) is 5.52. The number of benzene rings is 1. The van der Waals surface area contributed by atoms with Gasteiger partial charge < -0.3 is 14.7 Å². The summed E-state index contributed by atoms with van der Waals surface area (Å²) in [6, 6.07) is 6.17. The number of aliphatic hydroxyl groups is 1. The number of carbonyl (C=O) groups is 3. The van der Waals surface area contributed by atoms with Crippen LogP contribution < -0.4 is 5.43 Å². The van der Waals surface area contributed by atoms with Gasteiger partial charge in [0.25, 0.3) is 0 Å². The number of aliphatic hydroxyl groups excluding tert-OH is 1. The number of hydrogen-bond acceptors (Lipinski definition) is 5. The maximum absolute atomic E-state index is 12.9. The average Bonchev–Trinajstić information content (AvgIpc) is 2.70. The highest BCUT2D eigenvalue weighted by Gasteiger charge is 2.36. The van der Waals surface area contributed by atoms with Crippen molar-refractivity contribution in [3.8, 4) is 0 Å². The number of nitrogens with one attached hydrogen (secondary N) is 1. The lowest BCUT2D eigenvalue weighted by atomic mass is 9.84. The Morgan fingerprint density at radius 3 is 2.38 bits per heavy atom. The first-order chi connectivity index (χ1) is 14.9. The zero-order valence-corrected chi connectivity index (χ0v) is 20.2. The smallest absolute Gasteiger partial charge is 0.429 e. The van der Waals surface area contributed by atoms with Gasteiger partial charge in [-0.05, 0) is 57.7 Å². The Balaban J connectivity index is 2.13. The molecule has 0 aromatic heterocycles. The van der Waals surface area contributed by atoms with Crippen LogP contribution in [0.4, 0.5) is 4.79 Å². The molecule has 0 bridgehead atoms. The van der Waals surface area contributed by atoms with Crippen LogP contribution in [0, 0.1) is 5.92 Å². The van der Waals surface area contributed by atoms with Crippen LogP contribution in [0.15, 0.2) is 24.3 Å². The SMILES string of the molecule is CN(C)C(=O)[C@H]1CCCC(N(NC(=O)CC(O)c2ccc(Cl)cc2)C(=O)OC(C)(C)C)C1. The van der Waals surface area contributed by atoms with Gasteiger partial charge in [0.05, 0.1) is 18.6 Å². The van der Waals surface area contributed by atoms with Crippen molar-refractivity contribution in [1.82, 2.24) is 15.3 Å². The molecule has 9 heteroatoms. The molecule has 2 rings (SSSR count). The summed E-state index contributed by atoms with van der Waals surface area (Å²) in [5, 5.41) is 12.1. The third-order valence-electron chi connectivity index (χ3n) is 5.27. The lowest BCUT2D eigenvalue weighted by Crippen LogP contribution is -2.55. The van der Waals surface area contributed by atoms with E-state index in [1.165, 1.54) is 5.01 Å². The van der Waals surface area contributed by atoms with Crippen molar-refractivity contribution >= 4 is 29.5 Å². The van der Waals surface area contributed by atoms with Crippen LogP contribution in [-0.2, 0) is 14.3 Å². The van der Waals surface area contributed by atoms with Crippen molar-refractivity contribution in [2.45, 2.75) is 70.6 Å². The quantitative estimate of drug-likeness (QED) is 0.643. The Morgan fingerprint density at radius 2 is 1.81 bits per heavy atom. The number of rotatable bonds is 5. The number of ether oxygens (including phenoxy) is 1. The topological polar surface area (TPSA) is 99.2 Å². The molecule has 3 amide bonds. The molecule has 3 atom stereocenters. The Morgan fingerprint density at radius 1 is 1.19 bits per heavy atom. The van der Waals surface area contributed by atoms with Crippen LogP contribution in [0.3, 0.4) is 0 Å². The standard InChI is InChI=1S/C23H34ClN3O5/c1-23(2,3)32-22(31)27(18-8-6-7-16(13-18)21(30)26(4)5)25-20(29)14-19(28)15-9-11-17(24)12-10-15/h9-12,16,18-19,28H,6-8,13-14H2,1-5H3,(H,25,29)/t16-,18?,19?/m0/s1. The molecule has 0 spiro atoms. The van der Waals surface area contributed by atoms with E-state index in [4.69, 9.17) is 16.3 Å². The lowest BCUT2D eigenvalue weighted by molar-refractivity contribution is -0.135. The number of hydrogen-bond donors (Lipinski definition) is 2. The third kappa shape index (κ3) is 7.67. The molecular formula is C23H34ClN3O5. The molecule has 178 valence electrons. The number of amides is 3. The van der Waals surface area contributed by atoms with Crippen molar-refractivity contribution in [2.75, 3.05) is 14.1 Å². The lowest BCUT2D eigenvalue weighted by Gasteiger charge is -2.38. The van der Waals surface area contributed by atoms with Gasteiger partial charge in [-0.2, -0.15) is 0 Å². The van der Waals surface area contributed by atoms with E-state index in [0.29, 0.717) is 23.4 Å². The van der Waals surface area contributed by atoms with Gasteiger partial charge in [0.1, 0.15) is 5.60 Å². The summed E-state index contributed by atoms with van der Waals surface area (Å²) in [6.45, 7) is 5.23. The second-order valence-corrected chi connectivity index (χ2v) is 9.84. The average molecular weight is 468 g/mol. The summed E-state index contributed by atoms with van der Waals surface area (Å²) in [5.74, 6) is -0.757. The number of carbonyl (C=O) groups excluding carboxylic acids is 3. The molecule has 2 unspecified atom stereocenters. The summed E-state index contributed by atoms with van der Waals surface area (Å²) < 4.78 is 5.50. The van der Waals surface area contributed by atoms with Crippen LogP contribution in [-0.4, -0.2) is 58.7 Å². The fraction of sp³-hybridized carbons (Fsp3) is 0.609. The van der Waals surface area contributed by atoms with Gasteiger partial charge in [0, 0.05) is 25.0 Å². The Hall–Kier alpha value is -2.32. The molecule has 8 nitrogen and oxygen atoms in total. The van der Waals surface area contributed by atoms with Gasteiger partial charge in [-0.1, -0.05) is 30.2 Å². The zero-order valence-electron chi connectivity index (χ0n) is 19.4. The van der Waals surface area contributed by atoms with Crippen molar-refractivity contribution in [3.63, 3.8) is 0 Å². The van der Waals surface area contributed by atoms with E-state index in [9.17, 15) is 19.5 Å². The molecule has 0 saturated heterocycles. The minimum absolute atomic E-state index is 0.00308. The van der Waals surface area contributed by atoms with Crippen molar-refractivity contribution < 1.29 is 24.2 Å². The molecule has 1 aliphatic rings. The van der Waals surface area contributed by atoms with Crippen LogP contribution in [0.1, 0.15) is 64.5 Å². The Labute approximate surface area is 194 Å². The summed E-state index contributed by atoms with van der Waals surface area (Å²) in [7, 11) is 3.41. The van der Waals surface area contributed by atoms with E-state index in [1.54, 1.807) is 64.0 Å². The molecule has 1 fully saturated rings. The second kappa shape index (κ2) is 11.0. The number of hydrazine groups is 1. The molecule has 1 saturated carbocycles. The first-order valence-electron chi connectivity index (χ1n) is 10.8. The molecule has 1 aromatic carbocycles. The minimum Gasteiger partial charge on any atom is -0.442 e. The van der Waals surface area contributed by atoms with Gasteiger partial charge in [0.15, 0.2) is 0 Å². The number of nitrogens with zero attached hydrogens (tertiary/aromatic N) is 2. The fourth-order valence-corrected chi connectivity index (χ4v) is 3.87. The normalized spacial score (nSPS) is 19.6. The molecule has 2 N–H and O–H groups in total. The monoisotopic (exact) mass is 467 g/mol. The van der Waals surface area contributed by atoms with Gasteiger partial charge >= 0.3 is 6.09 Å². The highest BCUT2D eigenvalue weighted by Crippen LogP contribution is 2.29. The van der Waals surface area contributed by atoms with Crippen LogP contribution >= 0.6 is 11.6 Å². The molecule has 0 heterocycles. The molecule has 0 radical (unpaired) electrons. The van der Waals surface area contributed by atoms with Gasteiger partial charge in [-0.15, -0.1) is 0 Å². The molecule has 1 aromatic rings. The van der Waals surface area contributed by atoms with Crippen LogP contribution in [0.25, 0.3) is 0 Å². The predicted molar refractivity (Wildman–Crippen MR) is 122 cm³/mol. The van der Waals surface area contributed by atoms with Crippen LogP contribution in [0.2, 0.25) is 5.02 Å². The minimum atomic E-state index is -1.05. The predicted octanol–water partition coefficient (Wildman–Crippen LogP) is 3.68. The van der Waals surface area contributed by atoms with Crippen molar-refractivity contribution in [3.05, 3.63) is 34.9 Å². The fourth-order valence-electron chi connectivity index (χ4n) is 3.74. The molecule has 1 aliphatic carbocycles. The summed E-state index contributed by atoms with van der Waals surface area (Å²) in [5.41, 5.74) is 2.41. The first kappa shape index (κ1) is 25.9. The van der Waals surface area contributed by atoms with Crippen molar-refractivity contribution in [2.24, 2.45) is 5.92 Å². The van der Waals surface area contributed by atoms with Crippen LogP contribution in [0.5, 0.6) is 0 Å². The van der Waals surface area contributed by atoms with E-state index in [1.807, 2.05) is 0 Å². The summed E-state index contributed by atoms with van der Waals surface area (Å²) >= 11 is 5.87. The Kier molecular flexibility index (Phi) is 8.92. The number of halogens is 1. The van der Waals surface area contributed by atoms with E-state index < -0.39 is 23.7 Å². The van der Waals surface area contributed by atoms with Gasteiger partial charge in [-0.25, -0.2) is 9.80 Å². The van der Waals surface area contributed by atoms with Gasteiger partial charge in [0.2, 0.25) is 11.8 Å². The zero-order chi connectivity index (χ0) is 24.1.